The van der Waals surface area contributed by atoms with Crippen LogP contribution in [0, 0.1) is 0 Å². The number of aliphatic hydroxyl groups is 1. The van der Waals surface area contributed by atoms with Gasteiger partial charge < -0.3 is 9.63 Å². The fourth-order valence-corrected chi connectivity index (χ4v) is 0.643. The van der Waals surface area contributed by atoms with E-state index in [1.54, 1.807) is 6.07 Å². The van der Waals surface area contributed by atoms with Crippen molar-refractivity contribution in [2.45, 2.75) is 19.3 Å². The van der Waals surface area contributed by atoms with Crippen LogP contribution in [0.5, 0.6) is 0 Å². The fourth-order valence-electron chi connectivity index (χ4n) is 0.643. The van der Waals surface area contributed by atoms with Crippen molar-refractivity contribution in [2.24, 2.45) is 0 Å². The number of aliphatic hydroxyl groups excluding tert-OH is 1. The Bertz CT molecular complexity index is 191. The maximum absolute atomic E-state index is 8.88. The Labute approximate surface area is 59.7 Å². The molecule has 0 aliphatic carbocycles. The van der Waals surface area contributed by atoms with Gasteiger partial charge in [-0.05, 0) is 0 Å². The van der Waals surface area contributed by atoms with Crippen molar-refractivity contribution in [1.82, 2.24) is 5.16 Å². The van der Waals surface area contributed by atoms with Crippen LogP contribution in [0.4, 0.5) is 0 Å². The smallest absolute Gasteiger partial charge is 0.124 e. The predicted octanol–water partition coefficient (Wildman–Crippen LogP) is 0.944. The standard InChI is InChI=1S/C7H11NO2/c1-7(2,5-9)6-3-4-10-8-6/h3-4,9H,5H2,1-2H3. The van der Waals surface area contributed by atoms with Gasteiger partial charge in [0.1, 0.15) is 6.26 Å². The van der Waals surface area contributed by atoms with Gasteiger partial charge in [0.05, 0.1) is 12.3 Å². The molecule has 0 unspecified atom stereocenters. The van der Waals surface area contributed by atoms with E-state index < -0.39 is 0 Å². The van der Waals surface area contributed by atoms with Gasteiger partial charge in [0.25, 0.3) is 0 Å². The zero-order valence-electron chi connectivity index (χ0n) is 6.16. The molecule has 1 aromatic rings. The van der Waals surface area contributed by atoms with Crippen molar-refractivity contribution in [3.8, 4) is 0 Å². The maximum Gasteiger partial charge on any atom is 0.124 e. The van der Waals surface area contributed by atoms with E-state index in [9.17, 15) is 0 Å². The van der Waals surface area contributed by atoms with E-state index in [4.69, 9.17) is 5.11 Å². The zero-order valence-corrected chi connectivity index (χ0v) is 6.16. The topological polar surface area (TPSA) is 46.3 Å². The minimum Gasteiger partial charge on any atom is -0.395 e. The van der Waals surface area contributed by atoms with Crippen LogP contribution < -0.4 is 0 Å². The van der Waals surface area contributed by atoms with Gasteiger partial charge in [0, 0.05) is 11.5 Å². The summed E-state index contributed by atoms with van der Waals surface area (Å²) in [7, 11) is 0. The Balaban J connectivity index is 2.85. The number of rotatable bonds is 2. The van der Waals surface area contributed by atoms with Crippen LogP contribution in [-0.4, -0.2) is 16.9 Å². The lowest BCUT2D eigenvalue weighted by Crippen LogP contribution is -2.22. The summed E-state index contributed by atoms with van der Waals surface area (Å²) in [6, 6.07) is 1.76. The molecule has 0 aliphatic heterocycles. The van der Waals surface area contributed by atoms with E-state index in [2.05, 4.69) is 9.68 Å². The molecule has 0 amide bonds. The molecular formula is C7H11NO2. The molecule has 10 heavy (non-hydrogen) atoms. The number of aromatic nitrogens is 1. The van der Waals surface area contributed by atoms with E-state index in [1.165, 1.54) is 6.26 Å². The van der Waals surface area contributed by atoms with Crippen molar-refractivity contribution in [3.05, 3.63) is 18.0 Å². The third-order valence-electron chi connectivity index (χ3n) is 1.53. The molecule has 0 bridgehead atoms. The van der Waals surface area contributed by atoms with Gasteiger partial charge in [-0.1, -0.05) is 19.0 Å². The fraction of sp³-hybridized carbons (Fsp3) is 0.571. The number of nitrogens with zero attached hydrogens (tertiary/aromatic N) is 1. The van der Waals surface area contributed by atoms with E-state index in [1.807, 2.05) is 13.8 Å². The monoisotopic (exact) mass is 141 g/mol. The van der Waals surface area contributed by atoms with Gasteiger partial charge in [0.2, 0.25) is 0 Å². The molecule has 3 heteroatoms. The highest BCUT2D eigenvalue weighted by atomic mass is 16.5. The predicted molar refractivity (Wildman–Crippen MR) is 36.6 cm³/mol. The second kappa shape index (κ2) is 2.42. The van der Waals surface area contributed by atoms with Crippen LogP contribution in [0.3, 0.4) is 0 Å². The van der Waals surface area contributed by atoms with Crippen molar-refractivity contribution in [2.75, 3.05) is 6.61 Å². The van der Waals surface area contributed by atoms with Gasteiger partial charge in [-0.2, -0.15) is 0 Å². The van der Waals surface area contributed by atoms with Gasteiger partial charge >= 0.3 is 0 Å². The van der Waals surface area contributed by atoms with Crippen LogP contribution in [0.15, 0.2) is 16.9 Å². The molecule has 0 atom stereocenters. The van der Waals surface area contributed by atoms with Gasteiger partial charge in [0.15, 0.2) is 0 Å². The van der Waals surface area contributed by atoms with Crippen molar-refractivity contribution in [3.63, 3.8) is 0 Å². The molecule has 0 saturated carbocycles. The summed E-state index contributed by atoms with van der Waals surface area (Å²) in [5.74, 6) is 0. The van der Waals surface area contributed by atoms with Crippen LogP contribution >= 0.6 is 0 Å². The summed E-state index contributed by atoms with van der Waals surface area (Å²) in [6.07, 6.45) is 1.51. The number of hydrogen-bond donors (Lipinski definition) is 1. The van der Waals surface area contributed by atoms with Crippen molar-refractivity contribution >= 4 is 0 Å². The quantitative estimate of drug-likeness (QED) is 0.666. The van der Waals surface area contributed by atoms with Gasteiger partial charge in [-0.25, -0.2) is 0 Å². The second-order valence-electron chi connectivity index (χ2n) is 2.93. The highest BCUT2D eigenvalue weighted by molar-refractivity contribution is 5.09. The average Bonchev–Trinajstić information content (AvgIpc) is 2.38. The Morgan fingerprint density at radius 1 is 1.70 bits per heavy atom. The first-order valence-corrected chi connectivity index (χ1v) is 3.18. The Morgan fingerprint density at radius 2 is 2.40 bits per heavy atom. The Hall–Kier alpha value is -0.830. The van der Waals surface area contributed by atoms with Gasteiger partial charge in [-0.3, -0.25) is 0 Å². The normalized spacial score (nSPS) is 11.9. The SMILES string of the molecule is CC(C)(CO)c1ccon1. The number of hydrogen-bond acceptors (Lipinski definition) is 3. The molecule has 0 aliphatic rings. The molecule has 0 saturated heterocycles. The molecule has 1 heterocycles. The third-order valence-corrected chi connectivity index (χ3v) is 1.53. The summed E-state index contributed by atoms with van der Waals surface area (Å²) in [5.41, 5.74) is 0.502. The molecular weight excluding hydrogens is 130 g/mol. The minimum atomic E-state index is -0.285. The highest BCUT2D eigenvalue weighted by Crippen LogP contribution is 2.19. The van der Waals surface area contributed by atoms with Crippen molar-refractivity contribution < 1.29 is 9.63 Å². The molecule has 56 valence electrons. The first kappa shape index (κ1) is 7.28. The average molecular weight is 141 g/mol. The molecule has 0 fully saturated rings. The summed E-state index contributed by atoms with van der Waals surface area (Å²) in [5, 5.41) is 12.6. The molecule has 3 nitrogen and oxygen atoms in total. The van der Waals surface area contributed by atoms with Crippen LogP contribution in [0.25, 0.3) is 0 Å². The van der Waals surface area contributed by atoms with Crippen LogP contribution in [-0.2, 0) is 5.41 Å². The molecule has 1 aromatic heterocycles. The van der Waals surface area contributed by atoms with E-state index in [0.717, 1.165) is 5.69 Å². The second-order valence-corrected chi connectivity index (χ2v) is 2.93. The molecule has 1 N–H and O–H groups in total. The van der Waals surface area contributed by atoms with E-state index >= 15 is 0 Å². The third kappa shape index (κ3) is 1.19. The van der Waals surface area contributed by atoms with E-state index in [0.29, 0.717) is 0 Å². The summed E-state index contributed by atoms with van der Waals surface area (Å²) < 4.78 is 4.64. The first-order chi connectivity index (χ1) is 4.67. The molecule has 0 spiro atoms. The Kier molecular flexibility index (Phi) is 1.76. The summed E-state index contributed by atoms with van der Waals surface area (Å²) in [6.45, 7) is 3.90. The molecule has 0 radical (unpaired) electrons. The van der Waals surface area contributed by atoms with Crippen molar-refractivity contribution in [1.29, 1.82) is 0 Å². The summed E-state index contributed by atoms with van der Waals surface area (Å²) in [4.78, 5) is 0. The lowest BCUT2D eigenvalue weighted by Gasteiger charge is -2.16. The summed E-state index contributed by atoms with van der Waals surface area (Å²) >= 11 is 0. The van der Waals surface area contributed by atoms with Gasteiger partial charge in [-0.15, -0.1) is 0 Å². The largest absolute Gasteiger partial charge is 0.395 e. The molecule has 1 rings (SSSR count). The van der Waals surface area contributed by atoms with Crippen LogP contribution in [0.1, 0.15) is 19.5 Å². The minimum absolute atomic E-state index is 0.0829. The lowest BCUT2D eigenvalue weighted by molar-refractivity contribution is 0.210. The maximum atomic E-state index is 8.88. The first-order valence-electron chi connectivity index (χ1n) is 3.18. The highest BCUT2D eigenvalue weighted by Gasteiger charge is 2.21. The zero-order chi connectivity index (χ0) is 7.61. The van der Waals surface area contributed by atoms with Crippen LogP contribution in [0.2, 0.25) is 0 Å². The molecule has 0 aromatic carbocycles. The van der Waals surface area contributed by atoms with E-state index in [-0.39, 0.29) is 12.0 Å². The lowest BCUT2D eigenvalue weighted by atomic mass is 9.91. The Morgan fingerprint density at radius 3 is 2.80 bits per heavy atom.